The van der Waals surface area contributed by atoms with Gasteiger partial charge in [0.25, 0.3) is 15.9 Å². The van der Waals surface area contributed by atoms with Crippen molar-refractivity contribution in [2.75, 3.05) is 23.7 Å². The van der Waals surface area contributed by atoms with Crippen LogP contribution >= 0.6 is 11.8 Å². The van der Waals surface area contributed by atoms with E-state index >= 15 is 0 Å². The topological polar surface area (TPSA) is 66.5 Å². The number of hydrogen-bond acceptors (Lipinski definition) is 4. The zero-order chi connectivity index (χ0) is 20.7. The molecular weight excluding hydrogens is 404 g/mol. The van der Waals surface area contributed by atoms with Crippen LogP contribution in [0.25, 0.3) is 0 Å². The van der Waals surface area contributed by atoms with E-state index < -0.39 is 10.0 Å². The minimum atomic E-state index is -3.76. The van der Waals surface area contributed by atoms with Gasteiger partial charge >= 0.3 is 0 Å². The highest BCUT2D eigenvalue weighted by atomic mass is 32.2. The summed E-state index contributed by atoms with van der Waals surface area (Å²) < 4.78 is 27.0. The highest BCUT2D eigenvalue weighted by Gasteiger charge is 2.22. The molecular formula is C22H22N2O3S2. The van der Waals surface area contributed by atoms with Gasteiger partial charge in [0, 0.05) is 29.8 Å². The van der Waals surface area contributed by atoms with E-state index in [-0.39, 0.29) is 10.8 Å². The first kappa shape index (κ1) is 21.0. The van der Waals surface area contributed by atoms with Crippen molar-refractivity contribution in [3.63, 3.8) is 0 Å². The molecule has 3 aromatic carbocycles. The highest BCUT2D eigenvalue weighted by molar-refractivity contribution is 7.99. The Bertz CT molecular complexity index is 1060. The van der Waals surface area contributed by atoms with Gasteiger partial charge in [-0.1, -0.05) is 42.5 Å². The number of para-hydroxylation sites is 1. The Morgan fingerprint density at radius 2 is 1.59 bits per heavy atom. The zero-order valence-electron chi connectivity index (χ0n) is 16.0. The van der Waals surface area contributed by atoms with Crippen LogP contribution in [-0.4, -0.2) is 33.7 Å². The minimum absolute atomic E-state index is 0.0789. The van der Waals surface area contributed by atoms with E-state index in [0.29, 0.717) is 17.8 Å². The van der Waals surface area contributed by atoms with Gasteiger partial charge in [0.2, 0.25) is 0 Å². The van der Waals surface area contributed by atoms with Crippen molar-refractivity contribution in [3.05, 3.63) is 90.5 Å². The first-order valence-corrected chi connectivity index (χ1v) is 11.5. The standard InChI is InChI=1S/C22H22N2O3S2/c1-24(19-10-4-2-5-11-19)29(26,27)21-14-8-9-18(17-21)22(25)23-15-16-28-20-12-6-3-7-13-20/h2-14,17H,15-16H2,1H3,(H,23,25). The number of benzene rings is 3. The first-order valence-electron chi connectivity index (χ1n) is 9.08. The Morgan fingerprint density at radius 1 is 0.931 bits per heavy atom. The molecule has 0 fully saturated rings. The third-order valence-electron chi connectivity index (χ3n) is 4.27. The van der Waals surface area contributed by atoms with Gasteiger partial charge in [-0.25, -0.2) is 8.42 Å². The zero-order valence-corrected chi connectivity index (χ0v) is 17.6. The Morgan fingerprint density at radius 3 is 2.28 bits per heavy atom. The number of nitrogens with one attached hydrogen (secondary N) is 1. The van der Waals surface area contributed by atoms with Crippen molar-refractivity contribution in [1.29, 1.82) is 0 Å². The minimum Gasteiger partial charge on any atom is -0.351 e. The van der Waals surface area contributed by atoms with Crippen molar-refractivity contribution < 1.29 is 13.2 Å². The van der Waals surface area contributed by atoms with Gasteiger partial charge < -0.3 is 5.32 Å². The van der Waals surface area contributed by atoms with Crippen molar-refractivity contribution in [1.82, 2.24) is 5.32 Å². The van der Waals surface area contributed by atoms with Crippen LogP contribution in [0.15, 0.2) is 94.7 Å². The molecule has 0 saturated carbocycles. The van der Waals surface area contributed by atoms with E-state index in [2.05, 4.69) is 5.32 Å². The number of hydrogen-bond donors (Lipinski definition) is 1. The van der Waals surface area contributed by atoms with Crippen molar-refractivity contribution in [3.8, 4) is 0 Å². The van der Waals surface area contributed by atoms with Crippen LogP contribution in [0.3, 0.4) is 0 Å². The van der Waals surface area contributed by atoms with Gasteiger partial charge in [-0.3, -0.25) is 9.10 Å². The van der Waals surface area contributed by atoms with E-state index in [1.54, 1.807) is 48.2 Å². The van der Waals surface area contributed by atoms with Crippen LogP contribution in [0.5, 0.6) is 0 Å². The molecule has 0 aromatic heterocycles. The summed E-state index contributed by atoms with van der Waals surface area (Å²) in [6, 6.07) is 24.9. The van der Waals surface area contributed by atoms with Crippen molar-refractivity contribution in [2.24, 2.45) is 0 Å². The predicted molar refractivity (Wildman–Crippen MR) is 118 cm³/mol. The van der Waals surface area contributed by atoms with E-state index in [9.17, 15) is 13.2 Å². The van der Waals surface area contributed by atoms with Crippen LogP contribution in [-0.2, 0) is 10.0 Å². The molecule has 5 nitrogen and oxygen atoms in total. The number of sulfonamides is 1. The molecule has 3 rings (SSSR count). The highest BCUT2D eigenvalue weighted by Crippen LogP contribution is 2.22. The molecule has 0 unspecified atom stereocenters. The van der Waals surface area contributed by atoms with E-state index in [0.717, 1.165) is 10.6 Å². The first-order chi connectivity index (χ1) is 14.0. The number of carbonyl (C=O) groups is 1. The molecule has 0 atom stereocenters. The summed E-state index contributed by atoms with van der Waals surface area (Å²) in [7, 11) is -2.26. The van der Waals surface area contributed by atoms with Gasteiger partial charge in [-0.15, -0.1) is 11.8 Å². The predicted octanol–water partition coefficient (Wildman–Crippen LogP) is 4.03. The quantitative estimate of drug-likeness (QED) is 0.436. The Balaban J connectivity index is 1.64. The lowest BCUT2D eigenvalue weighted by Crippen LogP contribution is -2.28. The third-order valence-corrected chi connectivity index (χ3v) is 7.07. The maximum Gasteiger partial charge on any atom is 0.264 e. The van der Waals surface area contributed by atoms with Gasteiger partial charge in [-0.05, 0) is 42.5 Å². The van der Waals surface area contributed by atoms with Gasteiger partial charge in [0.05, 0.1) is 10.6 Å². The molecule has 0 aliphatic carbocycles. The Hall–Kier alpha value is -2.77. The lowest BCUT2D eigenvalue weighted by molar-refractivity contribution is 0.0956. The number of rotatable bonds is 8. The summed E-state index contributed by atoms with van der Waals surface area (Å²) in [6.45, 7) is 0.485. The molecule has 0 bridgehead atoms. The molecule has 0 aliphatic heterocycles. The maximum atomic E-state index is 12.9. The second-order valence-electron chi connectivity index (χ2n) is 6.25. The van der Waals surface area contributed by atoms with Crippen LogP contribution in [0.4, 0.5) is 5.69 Å². The number of amides is 1. The van der Waals surface area contributed by atoms with Gasteiger partial charge in [0.15, 0.2) is 0 Å². The van der Waals surface area contributed by atoms with Crippen LogP contribution in [0.1, 0.15) is 10.4 Å². The molecule has 1 amide bonds. The smallest absolute Gasteiger partial charge is 0.264 e. The molecule has 1 N–H and O–H groups in total. The summed E-state index contributed by atoms with van der Waals surface area (Å²) >= 11 is 1.65. The van der Waals surface area contributed by atoms with Crippen LogP contribution < -0.4 is 9.62 Å². The molecule has 0 radical (unpaired) electrons. The van der Waals surface area contributed by atoms with E-state index in [1.165, 1.54) is 23.5 Å². The molecule has 0 spiro atoms. The molecule has 0 heterocycles. The average Bonchev–Trinajstić information content (AvgIpc) is 2.77. The number of carbonyl (C=O) groups excluding carboxylic acids is 1. The normalized spacial score (nSPS) is 11.1. The monoisotopic (exact) mass is 426 g/mol. The maximum absolute atomic E-state index is 12.9. The Kier molecular flexibility index (Phi) is 6.95. The largest absolute Gasteiger partial charge is 0.351 e. The summed E-state index contributed by atoms with van der Waals surface area (Å²) in [5, 5.41) is 2.84. The number of thioether (sulfide) groups is 1. The fourth-order valence-electron chi connectivity index (χ4n) is 2.68. The Labute approximate surface area is 175 Å². The fourth-order valence-corrected chi connectivity index (χ4v) is 4.72. The van der Waals surface area contributed by atoms with E-state index in [1.807, 2.05) is 36.4 Å². The number of anilines is 1. The van der Waals surface area contributed by atoms with Gasteiger partial charge in [-0.2, -0.15) is 0 Å². The lowest BCUT2D eigenvalue weighted by Gasteiger charge is -2.19. The summed E-state index contributed by atoms with van der Waals surface area (Å²) in [5.74, 6) is 0.433. The summed E-state index contributed by atoms with van der Waals surface area (Å²) in [6.07, 6.45) is 0. The number of nitrogens with zero attached hydrogens (tertiary/aromatic N) is 1. The SMILES string of the molecule is CN(c1ccccc1)S(=O)(=O)c1cccc(C(=O)NCCSc2ccccc2)c1. The van der Waals surface area contributed by atoms with Gasteiger partial charge in [0.1, 0.15) is 0 Å². The molecule has 29 heavy (non-hydrogen) atoms. The van der Waals surface area contributed by atoms with Crippen LogP contribution in [0, 0.1) is 0 Å². The molecule has 7 heteroatoms. The molecule has 3 aromatic rings. The fraction of sp³-hybridized carbons (Fsp3) is 0.136. The third kappa shape index (κ3) is 5.40. The van der Waals surface area contributed by atoms with E-state index in [4.69, 9.17) is 0 Å². The summed E-state index contributed by atoms with van der Waals surface area (Å²) in [5.41, 5.74) is 0.873. The summed E-state index contributed by atoms with van der Waals surface area (Å²) in [4.78, 5) is 13.7. The second-order valence-corrected chi connectivity index (χ2v) is 9.39. The molecule has 150 valence electrons. The van der Waals surface area contributed by atoms with Crippen molar-refractivity contribution >= 4 is 33.4 Å². The van der Waals surface area contributed by atoms with Crippen molar-refractivity contribution in [2.45, 2.75) is 9.79 Å². The average molecular weight is 427 g/mol. The van der Waals surface area contributed by atoms with Crippen LogP contribution in [0.2, 0.25) is 0 Å². The molecule has 0 aliphatic rings. The molecule has 0 saturated heterocycles. The lowest BCUT2D eigenvalue weighted by atomic mass is 10.2. The second kappa shape index (κ2) is 9.62.